The first-order valence-electron chi connectivity index (χ1n) is 10.4. The summed E-state index contributed by atoms with van der Waals surface area (Å²) >= 11 is 1.32. The topological polar surface area (TPSA) is 84.7 Å². The van der Waals surface area contributed by atoms with E-state index in [1.807, 2.05) is 14.0 Å². The summed E-state index contributed by atoms with van der Waals surface area (Å²) in [6.07, 6.45) is 5.60. The fraction of sp³-hybridized carbons (Fsp3) is 0.600. The molecule has 0 spiro atoms. The van der Waals surface area contributed by atoms with E-state index in [1.165, 1.54) is 11.3 Å². The first-order valence-corrected chi connectivity index (χ1v) is 12.6. The Balaban J connectivity index is 1.61. The molecule has 0 saturated carbocycles. The second-order valence-electron chi connectivity index (χ2n) is 7.83. The van der Waals surface area contributed by atoms with E-state index in [2.05, 4.69) is 4.98 Å². The van der Waals surface area contributed by atoms with Crippen LogP contribution in [0.15, 0.2) is 17.2 Å². The highest BCUT2D eigenvalue weighted by molar-refractivity contribution is 7.89. The summed E-state index contributed by atoms with van der Waals surface area (Å²) < 4.78 is 35.0. The molecule has 2 aliphatic heterocycles. The number of ether oxygens (including phenoxy) is 1. The van der Waals surface area contributed by atoms with Crippen LogP contribution in [0.4, 0.5) is 0 Å². The van der Waals surface area contributed by atoms with E-state index in [0.717, 1.165) is 25.7 Å². The van der Waals surface area contributed by atoms with Crippen LogP contribution in [0.2, 0.25) is 0 Å². The minimum Gasteiger partial charge on any atom is -0.378 e. The van der Waals surface area contributed by atoms with Crippen molar-refractivity contribution in [2.45, 2.75) is 37.5 Å². The van der Waals surface area contributed by atoms with Gasteiger partial charge < -0.3 is 14.2 Å². The first-order chi connectivity index (χ1) is 14.4. The molecule has 0 unspecified atom stereocenters. The van der Waals surface area contributed by atoms with Crippen LogP contribution in [-0.4, -0.2) is 72.5 Å². The quantitative estimate of drug-likeness (QED) is 0.712. The molecule has 8 nitrogen and oxygen atoms in total. The van der Waals surface area contributed by atoms with Gasteiger partial charge >= 0.3 is 0 Å². The van der Waals surface area contributed by atoms with Gasteiger partial charge in [0.05, 0.1) is 24.6 Å². The molecule has 2 fully saturated rings. The molecule has 164 valence electrons. The molecule has 0 N–H and O–H groups in total. The maximum Gasteiger partial charge on any atom is 0.266 e. The Bertz CT molecular complexity index is 1010. The number of morpholine rings is 1. The third kappa shape index (κ3) is 4.18. The van der Waals surface area contributed by atoms with Gasteiger partial charge in [-0.05, 0) is 25.8 Å². The van der Waals surface area contributed by atoms with Gasteiger partial charge in [0.2, 0.25) is 10.0 Å². The smallest absolute Gasteiger partial charge is 0.266 e. The molecule has 2 saturated heterocycles. The van der Waals surface area contributed by atoms with Crippen molar-refractivity contribution in [2.75, 3.05) is 39.4 Å². The van der Waals surface area contributed by atoms with Crippen molar-refractivity contribution in [3.05, 3.63) is 22.8 Å². The number of aromatic nitrogens is 2. The van der Waals surface area contributed by atoms with E-state index in [-0.39, 0.29) is 10.8 Å². The van der Waals surface area contributed by atoms with Crippen LogP contribution in [0, 0.1) is 6.92 Å². The number of thiazole rings is 1. The second kappa shape index (κ2) is 8.78. The number of amides is 1. The Kier molecular flexibility index (Phi) is 6.29. The van der Waals surface area contributed by atoms with Crippen LogP contribution < -0.4 is 0 Å². The van der Waals surface area contributed by atoms with Gasteiger partial charge in [-0.2, -0.15) is 4.31 Å². The average molecular weight is 453 g/mol. The molecule has 0 radical (unpaired) electrons. The Hall–Kier alpha value is -1.75. The number of carbonyl (C=O) groups excluding carboxylic acids is 1. The van der Waals surface area contributed by atoms with E-state index < -0.39 is 10.0 Å². The highest BCUT2D eigenvalue weighted by Crippen LogP contribution is 2.32. The van der Waals surface area contributed by atoms with Crippen molar-refractivity contribution in [3.8, 4) is 10.7 Å². The molecule has 4 rings (SSSR count). The van der Waals surface area contributed by atoms with Crippen molar-refractivity contribution in [3.63, 3.8) is 0 Å². The van der Waals surface area contributed by atoms with Gasteiger partial charge in [-0.3, -0.25) is 4.79 Å². The predicted octanol–water partition coefficient (Wildman–Crippen LogP) is 2.49. The molecular weight excluding hydrogens is 424 g/mol. The second-order valence-corrected chi connectivity index (χ2v) is 10.8. The minimum atomic E-state index is -3.53. The van der Waals surface area contributed by atoms with Crippen LogP contribution in [0.25, 0.3) is 10.7 Å². The number of carbonyl (C=O) groups is 1. The lowest BCUT2D eigenvalue weighted by atomic mass is 10.2. The summed E-state index contributed by atoms with van der Waals surface area (Å²) in [5.74, 6) is -0.0360. The summed E-state index contributed by atoms with van der Waals surface area (Å²) in [7, 11) is -1.72. The third-order valence-corrected chi connectivity index (χ3v) is 8.72. The molecule has 0 aliphatic carbocycles. The zero-order valence-corrected chi connectivity index (χ0v) is 19.1. The van der Waals surface area contributed by atoms with E-state index in [0.29, 0.717) is 60.7 Å². The van der Waals surface area contributed by atoms with E-state index in [9.17, 15) is 13.2 Å². The van der Waals surface area contributed by atoms with Crippen LogP contribution in [0.1, 0.15) is 41.0 Å². The van der Waals surface area contributed by atoms with Gasteiger partial charge in [0.1, 0.15) is 14.8 Å². The normalized spacial score (nSPS) is 19.1. The van der Waals surface area contributed by atoms with Crippen LogP contribution >= 0.6 is 11.3 Å². The summed E-state index contributed by atoms with van der Waals surface area (Å²) in [5.41, 5.74) is 1.38. The van der Waals surface area contributed by atoms with Gasteiger partial charge in [0.25, 0.3) is 5.91 Å². The molecular formula is C20H28N4O4S2. The Morgan fingerprint density at radius 3 is 2.43 bits per heavy atom. The molecule has 0 bridgehead atoms. The average Bonchev–Trinajstić information content (AvgIpc) is 3.19. The summed E-state index contributed by atoms with van der Waals surface area (Å²) in [6.45, 7) is 5.22. The minimum absolute atomic E-state index is 0.0360. The molecule has 2 aliphatic rings. The Labute approximate surface area is 181 Å². The van der Waals surface area contributed by atoms with Gasteiger partial charge in [0.15, 0.2) is 0 Å². The van der Waals surface area contributed by atoms with Crippen molar-refractivity contribution in [2.24, 2.45) is 7.05 Å². The maximum atomic E-state index is 13.1. The number of hydrogen-bond acceptors (Lipinski definition) is 6. The van der Waals surface area contributed by atoms with Crippen LogP contribution in [-0.2, 0) is 21.8 Å². The molecule has 2 aromatic rings. The lowest BCUT2D eigenvalue weighted by Crippen LogP contribution is -2.40. The van der Waals surface area contributed by atoms with Crippen molar-refractivity contribution in [1.82, 2.24) is 18.8 Å². The van der Waals surface area contributed by atoms with Crippen molar-refractivity contribution >= 4 is 27.3 Å². The predicted molar refractivity (Wildman–Crippen MR) is 115 cm³/mol. The summed E-state index contributed by atoms with van der Waals surface area (Å²) in [4.78, 5) is 20.2. The van der Waals surface area contributed by atoms with Crippen molar-refractivity contribution in [1.29, 1.82) is 0 Å². The summed E-state index contributed by atoms with van der Waals surface area (Å²) in [6, 6.07) is 1.68. The van der Waals surface area contributed by atoms with E-state index in [1.54, 1.807) is 26.0 Å². The molecule has 2 aromatic heterocycles. The van der Waals surface area contributed by atoms with Gasteiger partial charge in [0, 0.05) is 39.4 Å². The molecule has 0 aromatic carbocycles. The van der Waals surface area contributed by atoms with Gasteiger partial charge in [-0.25, -0.2) is 13.4 Å². The zero-order chi connectivity index (χ0) is 21.3. The lowest BCUT2D eigenvalue weighted by molar-refractivity contribution is 0.0305. The summed E-state index contributed by atoms with van der Waals surface area (Å²) in [5, 5.41) is 0.656. The number of hydrogen-bond donors (Lipinski definition) is 0. The Morgan fingerprint density at radius 2 is 1.77 bits per heavy atom. The fourth-order valence-electron chi connectivity index (χ4n) is 3.93. The van der Waals surface area contributed by atoms with Crippen molar-refractivity contribution < 1.29 is 17.9 Å². The van der Waals surface area contributed by atoms with Crippen LogP contribution in [0.3, 0.4) is 0 Å². The third-order valence-electron chi connectivity index (χ3n) is 5.69. The molecule has 10 heteroatoms. The van der Waals surface area contributed by atoms with E-state index in [4.69, 9.17) is 4.74 Å². The SMILES string of the molecule is Cc1nc(-c2cc(S(=O)(=O)N3CCCCCC3)cn2C)sc1C(=O)N1CCOCC1. The Morgan fingerprint density at radius 1 is 1.10 bits per heavy atom. The van der Waals surface area contributed by atoms with Gasteiger partial charge in [-0.15, -0.1) is 11.3 Å². The number of nitrogens with zero attached hydrogens (tertiary/aromatic N) is 4. The molecule has 30 heavy (non-hydrogen) atoms. The molecule has 0 atom stereocenters. The largest absolute Gasteiger partial charge is 0.378 e. The first kappa shape index (κ1) is 21.5. The monoisotopic (exact) mass is 452 g/mol. The maximum absolute atomic E-state index is 13.1. The standard InChI is InChI=1S/C20H28N4O4S2/c1-15-18(20(25)23-9-11-28-12-10-23)29-19(21-15)17-13-16(14-22(17)2)30(26,27)24-7-5-3-4-6-8-24/h13-14H,3-12H2,1-2H3. The number of aryl methyl sites for hydroxylation is 2. The highest BCUT2D eigenvalue weighted by Gasteiger charge is 2.29. The number of rotatable bonds is 4. The fourth-order valence-corrected chi connectivity index (χ4v) is 6.62. The van der Waals surface area contributed by atoms with Gasteiger partial charge in [-0.1, -0.05) is 12.8 Å². The lowest BCUT2D eigenvalue weighted by Gasteiger charge is -2.26. The highest BCUT2D eigenvalue weighted by atomic mass is 32.2. The zero-order valence-electron chi connectivity index (χ0n) is 17.5. The molecule has 1 amide bonds. The molecule has 4 heterocycles. The van der Waals surface area contributed by atoms with E-state index >= 15 is 0 Å². The number of sulfonamides is 1. The van der Waals surface area contributed by atoms with Crippen LogP contribution in [0.5, 0.6) is 0 Å².